The summed E-state index contributed by atoms with van der Waals surface area (Å²) in [5, 5.41) is 3.97. The second-order valence-corrected chi connectivity index (χ2v) is 8.64. The van der Waals surface area contributed by atoms with Gasteiger partial charge in [0.1, 0.15) is 11.5 Å². The highest BCUT2D eigenvalue weighted by Crippen LogP contribution is 2.28. The second-order valence-electron chi connectivity index (χ2n) is 8.64. The molecule has 0 unspecified atom stereocenters. The van der Waals surface area contributed by atoms with Crippen molar-refractivity contribution in [1.29, 1.82) is 0 Å². The number of nitrogens with zero attached hydrogens (tertiary/aromatic N) is 1. The summed E-state index contributed by atoms with van der Waals surface area (Å²) >= 11 is 0. The highest BCUT2D eigenvalue weighted by atomic mass is 16.6. The Labute approximate surface area is 233 Å². The minimum Gasteiger partial charge on any atom is -0.494 e. The summed E-state index contributed by atoms with van der Waals surface area (Å²) < 4.78 is 22.0. The number of methoxy groups -OCH3 is 1. The maximum atomic E-state index is 12.6. The average Bonchev–Trinajstić information content (AvgIpc) is 3.00. The third-order valence-electron chi connectivity index (χ3n) is 5.69. The standard InChI is InChI=1S/C32H30N2O6/c1-3-19-38-27-16-12-26(13-17-27)32(36)40-29-18-9-23(20-30(29)37-2)21-33-34-31(35)22-39-28-14-10-25(11-15-28)24-7-5-4-6-8-24/h4-18,20-21H,3,19,22H2,1-2H3,(H,34,35). The molecule has 40 heavy (non-hydrogen) atoms. The fourth-order valence-electron chi connectivity index (χ4n) is 3.65. The third-order valence-corrected chi connectivity index (χ3v) is 5.69. The van der Waals surface area contributed by atoms with Gasteiger partial charge in [-0.05, 0) is 77.7 Å². The number of carbonyl (C=O) groups is 2. The normalized spacial score (nSPS) is 10.7. The Balaban J connectivity index is 1.27. The van der Waals surface area contributed by atoms with Gasteiger partial charge in [0.25, 0.3) is 5.91 Å². The van der Waals surface area contributed by atoms with Crippen molar-refractivity contribution in [3.8, 4) is 34.1 Å². The van der Waals surface area contributed by atoms with Crippen LogP contribution in [0.4, 0.5) is 0 Å². The topological polar surface area (TPSA) is 95.5 Å². The summed E-state index contributed by atoms with van der Waals surface area (Å²) in [7, 11) is 1.47. The number of ether oxygens (including phenoxy) is 4. The van der Waals surface area contributed by atoms with Gasteiger partial charge in [0.15, 0.2) is 18.1 Å². The number of rotatable bonds is 12. The van der Waals surface area contributed by atoms with Crippen molar-refractivity contribution in [3.63, 3.8) is 0 Å². The lowest BCUT2D eigenvalue weighted by Crippen LogP contribution is -2.24. The van der Waals surface area contributed by atoms with Gasteiger partial charge in [-0.1, -0.05) is 49.4 Å². The van der Waals surface area contributed by atoms with Crippen LogP contribution in [0.15, 0.2) is 102 Å². The zero-order valence-corrected chi connectivity index (χ0v) is 22.3. The molecule has 0 spiro atoms. The van der Waals surface area contributed by atoms with E-state index < -0.39 is 11.9 Å². The van der Waals surface area contributed by atoms with Crippen LogP contribution < -0.4 is 24.4 Å². The SMILES string of the molecule is CCCOc1ccc(C(=O)Oc2ccc(C=NNC(=O)COc3ccc(-c4ccccc4)cc3)cc2OC)cc1. The molecule has 0 fully saturated rings. The quantitative estimate of drug-likeness (QED) is 0.104. The minimum atomic E-state index is -0.524. The van der Waals surface area contributed by atoms with E-state index in [1.54, 1.807) is 42.5 Å². The molecular weight excluding hydrogens is 508 g/mol. The van der Waals surface area contributed by atoms with Gasteiger partial charge in [-0.25, -0.2) is 10.2 Å². The van der Waals surface area contributed by atoms with E-state index in [4.69, 9.17) is 18.9 Å². The summed E-state index contributed by atoms with van der Waals surface area (Å²) in [6, 6.07) is 29.2. The molecule has 0 aliphatic heterocycles. The summed E-state index contributed by atoms with van der Waals surface area (Å²) in [6.07, 6.45) is 2.35. The number of amides is 1. The van der Waals surface area contributed by atoms with Gasteiger partial charge in [-0.15, -0.1) is 0 Å². The fourth-order valence-corrected chi connectivity index (χ4v) is 3.65. The summed E-state index contributed by atoms with van der Waals surface area (Å²) in [5.41, 5.74) is 5.61. The maximum Gasteiger partial charge on any atom is 0.343 e. The number of nitrogens with one attached hydrogen (secondary N) is 1. The van der Waals surface area contributed by atoms with Crippen LogP contribution in [0, 0.1) is 0 Å². The minimum absolute atomic E-state index is 0.189. The van der Waals surface area contributed by atoms with E-state index in [2.05, 4.69) is 10.5 Å². The van der Waals surface area contributed by atoms with E-state index in [1.165, 1.54) is 13.3 Å². The zero-order chi connectivity index (χ0) is 28.2. The molecule has 0 saturated heterocycles. The van der Waals surface area contributed by atoms with E-state index in [-0.39, 0.29) is 12.4 Å². The second kappa shape index (κ2) is 14.2. The van der Waals surface area contributed by atoms with Crippen molar-refractivity contribution in [3.05, 3.63) is 108 Å². The van der Waals surface area contributed by atoms with Crippen molar-refractivity contribution < 1.29 is 28.5 Å². The van der Waals surface area contributed by atoms with Crippen LogP contribution >= 0.6 is 0 Å². The Kier molecular flexibility index (Phi) is 9.88. The number of esters is 1. The maximum absolute atomic E-state index is 12.6. The van der Waals surface area contributed by atoms with Gasteiger partial charge < -0.3 is 18.9 Å². The van der Waals surface area contributed by atoms with Crippen molar-refractivity contribution in [2.45, 2.75) is 13.3 Å². The first-order valence-electron chi connectivity index (χ1n) is 12.8. The van der Waals surface area contributed by atoms with Gasteiger partial charge in [0, 0.05) is 0 Å². The lowest BCUT2D eigenvalue weighted by molar-refractivity contribution is -0.123. The van der Waals surface area contributed by atoms with Gasteiger partial charge in [-0.3, -0.25) is 4.79 Å². The predicted octanol–water partition coefficient (Wildman–Crippen LogP) is 5.90. The zero-order valence-electron chi connectivity index (χ0n) is 22.3. The van der Waals surface area contributed by atoms with Crippen molar-refractivity contribution in [2.75, 3.05) is 20.3 Å². The Morgan fingerprint density at radius 3 is 2.17 bits per heavy atom. The summed E-state index contributed by atoms with van der Waals surface area (Å²) in [5.74, 6) is 0.932. The molecule has 4 aromatic carbocycles. The van der Waals surface area contributed by atoms with Crippen molar-refractivity contribution in [2.24, 2.45) is 5.10 Å². The summed E-state index contributed by atoms with van der Waals surface area (Å²) in [4.78, 5) is 24.7. The molecular formula is C32H30N2O6. The molecule has 0 aliphatic rings. The van der Waals surface area contributed by atoms with Crippen LogP contribution in [-0.2, 0) is 4.79 Å². The monoisotopic (exact) mass is 538 g/mol. The first-order chi connectivity index (χ1) is 19.6. The van der Waals surface area contributed by atoms with Gasteiger partial charge >= 0.3 is 5.97 Å². The van der Waals surface area contributed by atoms with E-state index >= 15 is 0 Å². The molecule has 204 valence electrons. The van der Waals surface area contributed by atoms with E-state index in [9.17, 15) is 9.59 Å². The summed E-state index contributed by atoms with van der Waals surface area (Å²) in [6.45, 7) is 2.44. The van der Waals surface area contributed by atoms with Gasteiger partial charge in [-0.2, -0.15) is 5.10 Å². The average molecular weight is 539 g/mol. The molecule has 0 aromatic heterocycles. The molecule has 4 rings (SSSR count). The largest absolute Gasteiger partial charge is 0.494 e. The van der Waals surface area contributed by atoms with Crippen LogP contribution in [0.25, 0.3) is 11.1 Å². The Morgan fingerprint density at radius 1 is 0.800 bits per heavy atom. The number of carbonyl (C=O) groups excluding carboxylic acids is 2. The van der Waals surface area contributed by atoms with Crippen LogP contribution in [0.1, 0.15) is 29.3 Å². The molecule has 0 atom stereocenters. The highest BCUT2D eigenvalue weighted by Gasteiger charge is 2.13. The number of hydrogen-bond acceptors (Lipinski definition) is 7. The molecule has 0 radical (unpaired) electrons. The molecule has 0 heterocycles. The smallest absolute Gasteiger partial charge is 0.343 e. The van der Waals surface area contributed by atoms with E-state index in [0.717, 1.165) is 17.5 Å². The van der Waals surface area contributed by atoms with Crippen LogP contribution in [-0.4, -0.2) is 38.4 Å². The van der Waals surface area contributed by atoms with Crippen LogP contribution in [0.2, 0.25) is 0 Å². The first-order valence-corrected chi connectivity index (χ1v) is 12.8. The Morgan fingerprint density at radius 2 is 1.48 bits per heavy atom. The van der Waals surface area contributed by atoms with E-state index in [1.807, 2.05) is 61.5 Å². The molecule has 0 bridgehead atoms. The Hall–Kier alpha value is -5.11. The third kappa shape index (κ3) is 7.94. The van der Waals surface area contributed by atoms with Crippen LogP contribution in [0.3, 0.4) is 0 Å². The van der Waals surface area contributed by atoms with Crippen molar-refractivity contribution in [1.82, 2.24) is 5.43 Å². The van der Waals surface area contributed by atoms with Crippen molar-refractivity contribution >= 4 is 18.1 Å². The fraction of sp³-hybridized carbons (Fsp3) is 0.156. The molecule has 0 aliphatic carbocycles. The molecule has 8 heteroatoms. The number of benzene rings is 4. The van der Waals surface area contributed by atoms with Gasteiger partial charge in [0.05, 0.1) is 25.5 Å². The molecule has 1 amide bonds. The molecule has 8 nitrogen and oxygen atoms in total. The molecule has 1 N–H and O–H groups in total. The lowest BCUT2D eigenvalue weighted by Gasteiger charge is -2.10. The molecule has 0 saturated carbocycles. The number of hydrazone groups is 1. The van der Waals surface area contributed by atoms with Gasteiger partial charge in [0.2, 0.25) is 0 Å². The highest BCUT2D eigenvalue weighted by molar-refractivity contribution is 5.92. The number of hydrogen-bond donors (Lipinski definition) is 1. The van der Waals surface area contributed by atoms with E-state index in [0.29, 0.717) is 35.0 Å². The van der Waals surface area contributed by atoms with Crippen LogP contribution in [0.5, 0.6) is 23.0 Å². The Bertz CT molecular complexity index is 1430. The molecule has 4 aromatic rings. The first kappa shape index (κ1) is 27.9. The predicted molar refractivity (Wildman–Crippen MR) is 153 cm³/mol. The lowest BCUT2D eigenvalue weighted by atomic mass is 10.1.